The van der Waals surface area contributed by atoms with Gasteiger partial charge in [-0.1, -0.05) is 50.6 Å². The molecule has 1 unspecified atom stereocenters. The van der Waals surface area contributed by atoms with Crippen molar-refractivity contribution in [1.82, 2.24) is 10.2 Å². The fraction of sp³-hybridized carbons (Fsp3) is 0.611. The summed E-state index contributed by atoms with van der Waals surface area (Å²) in [6, 6.07) is 8.82. The van der Waals surface area contributed by atoms with Crippen molar-refractivity contribution < 1.29 is 0 Å². The molecule has 1 heterocycles. The SMILES string of the molecule is CN=C(NCC(C)c1ccc(C)cc1)N1CCC(C)(C)C1. The molecule has 1 atom stereocenters. The van der Waals surface area contributed by atoms with Gasteiger partial charge in [-0.2, -0.15) is 0 Å². The zero-order chi connectivity index (χ0) is 15.5. The highest BCUT2D eigenvalue weighted by atomic mass is 15.3. The van der Waals surface area contributed by atoms with Crippen molar-refractivity contribution >= 4 is 5.96 Å². The number of benzene rings is 1. The van der Waals surface area contributed by atoms with Gasteiger partial charge < -0.3 is 10.2 Å². The molecule has 0 aliphatic carbocycles. The summed E-state index contributed by atoms with van der Waals surface area (Å²) < 4.78 is 0. The van der Waals surface area contributed by atoms with Gasteiger partial charge in [0.1, 0.15) is 0 Å². The fourth-order valence-electron chi connectivity index (χ4n) is 2.88. The first kappa shape index (κ1) is 15.9. The van der Waals surface area contributed by atoms with Crippen molar-refractivity contribution in [3.05, 3.63) is 35.4 Å². The number of nitrogens with zero attached hydrogens (tertiary/aromatic N) is 2. The van der Waals surface area contributed by atoms with E-state index in [4.69, 9.17) is 0 Å². The zero-order valence-electron chi connectivity index (χ0n) is 14.1. The van der Waals surface area contributed by atoms with Crippen LogP contribution in [0.15, 0.2) is 29.3 Å². The van der Waals surface area contributed by atoms with Crippen LogP contribution in [0.5, 0.6) is 0 Å². The van der Waals surface area contributed by atoms with Crippen LogP contribution < -0.4 is 5.32 Å². The summed E-state index contributed by atoms with van der Waals surface area (Å²) in [6.45, 7) is 12.2. The number of nitrogens with one attached hydrogen (secondary N) is 1. The molecule has 3 heteroatoms. The maximum Gasteiger partial charge on any atom is 0.193 e. The summed E-state index contributed by atoms with van der Waals surface area (Å²) in [7, 11) is 1.88. The van der Waals surface area contributed by atoms with Gasteiger partial charge in [0.15, 0.2) is 5.96 Å². The number of likely N-dealkylation sites (tertiary alicyclic amines) is 1. The predicted molar refractivity (Wildman–Crippen MR) is 90.9 cm³/mol. The van der Waals surface area contributed by atoms with Crippen molar-refractivity contribution in [3.63, 3.8) is 0 Å². The molecule has 1 aromatic carbocycles. The molecule has 0 amide bonds. The normalized spacial score (nSPS) is 19.7. The Bertz CT molecular complexity index is 488. The average molecular weight is 287 g/mol. The van der Waals surface area contributed by atoms with E-state index in [0.29, 0.717) is 11.3 Å². The summed E-state index contributed by atoms with van der Waals surface area (Å²) in [6.07, 6.45) is 1.24. The molecule has 0 spiro atoms. The highest BCUT2D eigenvalue weighted by Crippen LogP contribution is 2.28. The van der Waals surface area contributed by atoms with E-state index in [1.807, 2.05) is 7.05 Å². The van der Waals surface area contributed by atoms with Gasteiger partial charge in [0.25, 0.3) is 0 Å². The van der Waals surface area contributed by atoms with E-state index in [0.717, 1.165) is 25.6 Å². The lowest BCUT2D eigenvalue weighted by Crippen LogP contribution is -2.42. The van der Waals surface area contributed by atoms with Gasteiger partial charge in [0.2, 0.25) is 0 Å². The molecule has 1 aliphatic rings. The largest absolute Gasteiger partial charge is 0.356 e. The Morgan fingerprint density at radius 2 is 2.00 bits per heavy atom. The third-order valence-corrected chi connectivity index (χ3v) is 4.40. The minimum Gasteiger partial charge on any atom is -0.356 e. The Morgan fingerprint density at radius 1 is 1.33 bits per heavy atom. The second-order valence-corrected chi connectivity index (χ2v) is 7.08. The van der Waals surface area contributed by atoms with Crippen LogP contribution >= 0.6 is 0 Å². The van der Waals surface area contributed by atoms with Crippen LogP contribution in [0.25, 0.3) is 0 Å². The first-order chi connectivity index (χ1) is 9.91. The van der Waals surface area contributed by atoms with Crippen molar-refractivity contribution in [2.45, 2.75) is 40.0 Å². The highest BCUT2D eigenvalue weighted by Gasteiger charge is 2.30. The van der Waals surface area contributed by atoms with E-state index >= 15 is 0 Å². The Labute approximate surface area is 129 Å². The number of aliphatic imine (C=N–C) groups is 1. The lowest BCUT2D eigenvalue weighted by Gasteiger charge is -2.25. The van der Waals surface area contributed by atoms with Crippen molar-refractivity contribution in [2.24, 2.45) is 10.4 Å². The molecular weight excluding hydrogens is 258 g/mol. The number of aryl methyl sites for hydroxylation is 1. The molecule has 2 rings (SSSR count). The molecule has 1 saturated heterocycles. The smallest absolute Gasteiger partial charge is 0.193 e. The van der Waals surface area contributed by atoms with E-state index in [1.54, 1.807) is 0 Å². The van der Waals surface area contributed by atoms with Crippen LogP contribution in [0, 0.1) is 12.3 Å². The molecule has 0 bridgehead atoms. The molecule has 1 aromatic rings. The molecule has 0 saturated carbocycles. The maximum absolute atomic E-state index is 4.45. The molecule has 0 radical (unpaired) electrons. The van der Waals surface area contributed by atoms with Crippen LogP contribution in [0.1, 0.15) is 44.2 Å². The predicted octanol–water partition coefficient (Wildman–Crippen LogP) is 3.41. The Hall–Kier alpha value is -1.51. The van der Waals surface area contributed by atoms with Crippen LogP contribution in [0.2, 0.25) is 0 Å². The van der Waals surface area contributed by atoms with E-state index in [9.17, 15) is 0 Å². The summed E-state index contributed by atoms with van der Waals surface area (Å²) in [4.78, 5) is 6.82. The summed E-state index contributed by atoms with van der Waals surface area (Å²) in [5.74, 6) is 1.53. The Balaban J connectivity index is 1.90. The van der Waals surface area contributed by atoms with Gasteiger partial charge in [-0.05, 0) is 30.2 Å². The van der Waals surface area contributed by atoms with Crippen LogP contribution in [-0.2, 0) is 0 Å². The van der Waals surface area contributed by atoms with Gasteiger partial charge in [-0.15, -0.1) is 0 Å². The molecule has 1 fully saturated rings. The molecular formula is C18H29N3. The average Bonchev–Trinajstić information content (AvgIpc) is 2.80. The lowest BCUT2D eigenvalue weighted by molar-refractivity contribution is 0.370. The zero-order valence-corrected chi connectivity index (χ0v) is 14.1. The molecule has 0 aromatic heterocycles. The second-order valence-electron chi connectivity index (χ2n) is 7.08. The summed E-state index contributed by atoms with van der Waals surface area (Å²) in [5.41, 5.74) is 3.10. The van der Waals surface area contributed by atoms with E-state index in [2.05, 4.69) is 67.2 Å². The highest BCUT2D eigenvalue weighted by molar-refractivity contribution is 5.80. The van der Waals surface area contributed by atoms with Crippen LogP contribution in [0.4, 0.5) is 0 Å². The number of hydrogen-bond acceptors (Lipinski definition) is 1. The van der Waals surface area contributed by atoms with Crippen molar-refractivity contribution in [1.29, 1.82) is 0 Å². The minimum atomic E-state index is 0.403. The standard InChI is InChI=1S/C18H29N3/c1-14-6-8-16(9-7-14)15(2)12-20-17(19-5)21-11-10-18(3,4)13-21/h6-9,15H,10-13H2,1-5H3,(H,19,20). The van der Waals surface area contributed by atoms with Gasteiger partial charge in [-0.3, -0.25) is 4.99 Å². The van der Waals surface area contributed by atoms with Crippen LogP contribution in [-0.4, -0.2) is 37.5 Å². The van der Waals surface area contributed by atoms with E-state index in [-0.39, 0.29) is 0 Å². The first-order valence-electron chi connectivity index (χ1n) is 7.93. The Morgan fingerprint density at radius 3 is 2.52 bits per heavy atom. The van der Waals surface area contributed by atoms with Gasteiger partial charge >= 0.3 is 0 Å². The number of guanidine groups is 1. The summed E-state index contributed by atoms with van der Waals surface area (Å²) >= 11 is 0. The molecule has 116 valence electrons. The van der Waals surface area contributed by atoms with Gasteiger partial charge in [0.05, 0.1) is 0 Å². The number of rotatable bonds is 3. The van der Waals surface area contributed by atoms with Gasteiger partial charge in [-0.25, -0.2) is 0 Å². The third-order valence-electron chi connectivity index (χ3n) is 4.40. The summed E-state index contributed by atoms with van der Waals surface area (Å²) in [5, 5.41) is 3.54. The monoisotopic (exact) mass is 287 g/mol. The maximum atomic E-state index is 4.45. The fourth-order valence-corrected chi connectivity index (χ4v) is 2.88. The number of hydrogen-bond donors (Lipinski definition) is 1. The quantitative estimate of drug-likeness (QED) is 0.681. The van der Waals surface area contributed by atoms with E-state index < -0.39 is 0 Å². The molecule has 1 N–H and O–H groups in total. The lowest BCUT2D eigenvalue weighted by atomic mass is 9.93. The van der Waals surface area contributed by atoms with Crippen molar-refractivity contribution in [3.8, 4) is 0 Å². The van der Waals surface area contributed by atoms with E-state index in [1.165, 1.54) is 17.5 Å². The Kier molecular flexibility index (Phi) is 4.92. The minimum absolute atomic E-state index is 0.403. The molecule has 21 heavy (non-hydrogen) atoms. The molecule has 1 aliphatic heterocycles. The first-order valence-corrected chi connectivity index (χ1v) is 7.93. The second kappa shape index (κ2) is 6.50. The third kappa shape index (κ3) is 4.23. The van der Waals surface area contributed by atoms with Crippen molar-refractivity contribution in [2.75, 3.05) is 26.7 Å². The topological polar surface area (TPSA) is 27.6 Å². The van der Waals surface area contributed by atoms with Crippen LogP contribution in [0.3, 0.4) is 0 Å². The molecule has 3 nitrogen and oxygen atoms in total. The van der Waals surface area contributed by atoms with Gasteiger partial charge in [0, 0.05) is 26.7 Å².